The van der Waals surface area contributed by atoms with Gasteiger partial charge in [0.15, 0.2) is 5.82 Å². The molecule has 3 heterocycles. The number of nitrogens with two attached hydrogens (primary N) is 1. The van der Waals surface area contributed by atoms with Crippen LogP contribution in [0.2, 0.25) is 0 Å². The van der Waals surface area contributed by atoms with E-state index in [1.165, 1.54) is 6.07 Å². The number of aromatic nitrogens is 4. The van der Waals surface area contributed by atoms with Crippen molar-refractivity contribution in [3.63, 3.8) is 0 Å². The van der Waals surface area contributed by atoms with Crippen molar-refractivity contribution in [2.45, 2.75) is 18.5 Å². The third-order valence-electron chi connectivity index (χ3n) is 4.56. The molecule has 4 rings (SSSR count). The lowest BCUT2D eigenvalue weighted by Gasteiger charge is -2.15. The highest BCUT2D eigenvalue weighted by atomic mass is 19.1. The van der Waals surface area contributed by atoms with Crippen molar-refractivity contribution in [1.29, 1.82) is 0 Å². The molecular formula is C16H19FN6. The molecule has 2 aromatic heterocycles. The SMILES string of the molecule is Cn1cncc1[C@@H]1CN(Cc2nc3c(F)cccc3[nH]2)C[C@H]1N. The van der Waals surface area contributed by atoms with Gasteiger partial charge in [-0.25, -0.2) is 14.4 Å². The smallest absolute Gasteiger partial charge is 0.151 e. The number of nitrogens with zero attached hydrogens (tertiary/aromatic N) is 4. The number of aromatic amines is 1. The Kier molecular flexibility index (Phi) is 3.39. The summed E-state index contributed by atoms with van der Waals surface area (Å²) in [5.74, 6) is 0.724. The number of halogens is 1. The van der Waals surface area contributed by atoms with E-state index in [1.807, 2.05) is 23.9 Å². The summed E-state index contributed by atoms with van der Waals surface area (Å²) in [6.07, 6.45) is 3.68. The van der Waals surface area contributed by atoms with Crippen molar-refractivity contribution in [3.05, 3.63) is 48.1 Å². The van der Waals surface area contributed by atoms with Crippen LogP contribution < -0.4 is 5.73 Å². The van der Waals surface area contributed by atoms with E-state index in [4.69, 9.17) is 5.73 Å². The summed E-state index contributed by atoms with van der Waals surface area (Å²) in [6, 6.07) is 5.01. The Bertz CT molecular complexity index is 838. The van der Waals surface area contributed by atoms with Crippen molar-refractivity contribution in [2.75, 3.05) is 13.1 Å². The first kappa shape index (κ1) is 14.3. The predicted molar refractivity (Wildman–Crippen MR) is 85.3 cm³/mol. The monoisotopic (exact) mass is 314 g/mol. The maximum Gasteiger partial charge on any atom is 0.151 e. The fraction of sp³-hybridized carbons (Fsp3) is 0.375. The van der Waals surface area contributed by atoms with E-state index in [9.17, 15) is 4.39 Å². The second-order valence-corrected chi connectivity index (χ2v) is 6.21. The molecule has 1 fully saturated rings. The van der Waals surface area contributed by atoms with Gasteiger partial charge in [-0.3, -0.25) is 4.90 Å². The highest BCUT2D eigenvalue weighted by molar-refractivity contribution is 5.75. The highest BCUT2D eigenvalue weighted by Crippen LogP contribution is 2.27. The minimum Gasteiger partial charge on any atom is -0.341 e. The summed E-state index contributed by atoms with van der Waals surface area (Å²) in [7, 11) is 1.99. The zero-order valence-corrected chi connectivity index (χ0v) is 12.9. The molecule has 1 aliphatic heterocycles. The van der Waals surface area contributed by atoms with Gasteiger partial charge in [0.25, 0.3) is 0 Å². The van der Waals surface area contributed by atoms with Crippen LogP contribution in [-0.4, -0.2) is 43.6 Å². The van der Waals surface area contributed by atoms with E-state index in [2.05, 4.69) is 19.9 Å². The molecule has 1 aromatic carbocycles. The number of benzene rings is 1. The fourth-order valence-electron chi connectivity index (χ4n) is 3.42. The number of nitrogens with one attached hydrogen (secondary N) is 1. The Morgan fingerprint density at radius 1 is 1.39 bits per heavy atom. The first-order chi connectivity index (χ1) is 11.1. The lowest BCUT2D eigenvalue weighted by molar-refractivity contribution is 0.316. The standard InChI is InChI=1S/C16H19FN6/c1-22-9-19-5-14(22)10-6-23(7-12(10)18)8-15-20-13-4-2-3-11(17)16(13)21-15/h2-5,9-10,12H,6-8,18H2,1H3,(H,20,21)/t10-,12-/m1/s1. The van der Waals surface area contributed by atoms with Crippen molar-refractivity contribution in [1.82, 2.24) is 24.4 Å². The molecular weight excluding hydrogens is 295 g/mol. The predicted octanol–water partition coefficient (Wildman–Crippen LogP) is 1.36. The zero-order valence-electron chi connectivity index (χ0n) is 12.9. The molecule has 0 saturated carbocycles. The summed E-state index contributed by atoms with van der Waals surface area (Å²) in [5.41, 5.74) is 8.58. The van der Waals surface area contributed by atoms with E-state index >= 15 is 0 Å². The Morgan fingerprint density at radius 3 is 3.00 bits per heavy atom. The molecule has 0 radical (unpaired) electrons. The minimum absolute atomic E-state index is 0.0616. The molecule has 6 nitrogen and oxygen atoms in total. The van der Waals surface area contributed by atoms with Crippen LogP contribution >= 0.6 is 0 Å². The van der Waals surface area contributed by atoms with Crippen molar-refractivity contribution in [2.24, 2.45) is 12.8 Å². The Balaban J connectivity index is 1.53. The minimum atomic E-state index is -0.295. The van der Waals surface area contributed by atoms with E-state index in [0.29, 0.717) is 12.1 Å². The summed E-state index contributed by atoms with van der Waals surface area (Å²) < 4.78 is 15.8. The largest absolute Gasteiger partial charge is 0.341 e. The van der Waals surface area contributed by atoms with Gasteiger partial charge in [0, 0.05) is 44.0 Å². The van der Waals surface area contributed by atoms with Crippen molar-refractivity contribution < 1.29 is 4.39 Å². The Hall–Kier alpha value is -2.25. The van der Waals surface area contributed by atoms with Crippen LogP contribution in [0.5, 0.6) is 0 Å². The normalized spacial score (nSPS) is 22.2. The van der Waals surface area contributed by atoms with Crippen LogP contribution in [0.4, 0.5) is 4.39 Å². The average molecular weight is 314 g/mol. The fourth-order valence-corrected chi connectivity index (χ4v) is 3.42. The van der Waals surface area contributed by atoms with E-state index in [0.717, 1.165) is 30.1 Å². The number of H-pyrrole nitrogens is 1. The van der Waals surface area contributed by atoms with Gasteiger partial charge < -0.3 is 15.3 Å². The number of likely N-dealkylation sites (tertiary alicyclic amines) is 1. The molecule has 1 aliphatic rings. The summed E-state index contributed by atoms with van der Waals surface area (Å²) in [5, 5.41) is 0. The topological polar surface area (TPSA) is 75.8 Å². The molecule has 0 bridgehead atoms. The molecule has 0 amide bonds. The molecule has 23 heavy (non-hydrogen) atoms. The molecule has 7 heteroatoms. The highest BCUT2D eigenvalue weighted by Gasteiger charge is 2.33. The number of rotatable bonds is 3. The number of imidazole rings is 2. The van der Waals surface area contributed by atoms with E-state index < -0.39 is 0 Å². The van der Waals surface area contributed by atoms with Crippen LogP contribution in [0.1, 0.15) is 17.4 Å². The third-order valence-corrected chi connectivity index (χ3v) is 4.56. The first-order valence-electron chi connectivity index (χ1n) is 7.69. The van der Waals surface area contributed by atoms with Gasteiger partial charge in [0.1, 0.15) is 11.3 Å². The zero-order chi connectivity index (χ0) is 16.0. The van der Waals surface area contributed by atoms with E-state index in [1.54, 1.807) is 12.4 Å². The van der Waals surface area contributed by atoms with Crippen LogP contribution in [0.3, 0.4) is 0 Å². The van der Waals surface area contributed by atoms with Gasteiger partial charge in [0.05, 0.1) is 18.4 Å². The summed E-state index contributed by atoms with van der Waals surface area (Å²) in [6.45, 7) is 2.27. The van der Waals surface area contributed by atoms with Gasteiger partial charge in [0.2, 0.25) is 0 Å². The number of hydrogen-bond donors (Lipinski definition) is 2. The van der Waals surface area contributed by atoms with Crippen LogP contribution in [0, 0.1) is 5.82 Å². The second kappa shape index (κ2) is 5.43. The maximum atomic E-state index is 13.7. The molecule has 0 spiro atoms. The lowest BCUT2D eigenvalue weighted by atomic mass is 10.0. The molecule has 3 aromatic rings. The van der Waals surface area contributed by atoms with Crippen molar-refractivity contribution in [3.8, 4) is 0 Å². The molecule has 2 atom stereocenters. The van der Waals surface area contributed by atoms with E-state index in [-0.39, 0.29) is 17.8 Å². The van der Waals surface area contributed by atoms with Crippen molar-refractivity contribution >= 4 is 11.0 Å². The molecule has 120 valence electrons. The van der Waals surface area contributed by atoms with Crippen LogP contribution in [0.15, 0.2) is 30.7 Å². The molecule has 0 aliphatic carbocycles. The molecule has 0 unspecified atom stereocenters. The maximum absolute atomic E-state index is 13.7. The summed E-state index contributed by atoms with van der Waals surface area (Å²) in [4.78, 5) is 14.0. The second-order valence-electron chi connectivity index (χ2n) is 6.21. The number of hydrogen-bond acceptors (Lipinski definition) is 4. The lowest BCUT2D eigenvalue weighted by Crippen LogP contribution is -2.29. The number of fused-ring (bicyclic) bond motifs is 1. The average Bonchev–Trinajstić information content (AvgIpc) is 3.19. The first-order valence-corrected chi connectivity index (χ1v) is 7.69. The van der Waals surface area contributed by atoms with Gasteiger partial charge in [-0.05, 0) is 12.1 Å². The van der Waals surface area contributed by atoms with Gasteiger partial charge in [-0.1, -0.05) is 6.07 Å². The van der Waals surface area contributed by atoms with Crippen LogP contribution in [-0.2, 0) is 13.6 Å². The Labute approximate surface area is 133 Å². The number of aryl methyl sites for hydroxylation is 1. The quantitative estimate of drug-likeness (QED) is 0.765. The molecule has 3 N–H and O–H groups in total. The third kappa shape index (κ3) is 2.51. The van der Waals surface area contributed by atoms with Gasteiger partial charge in [-0.2, -0.15) is 0 Å². The van der Waals surface area contributed by atoms with Gasteiger partial charge >= 0.3 is 0 Å². The van der Waals surface area contributed by atoms with Crippen LogP contribution in [0.25, 0.3) is 11.0 Å². The summed E-state index contributed by atoms with van der Waals surface area (Å²) >= 11 is 0. The number of para-hydroxylation sites is 1. The Morgan fingerprint density at radius 2 is 2.26 bits per heavy atom. The molecule has 1 saturated heterocycles. The van der Waals surface area contributed by atoms with Gasteiger partial charge in [-0.15, -0.1) is 0 Å².